The molecule has 0 spiro atoms. The zero-order chi connectivity index (χ0) is 22.0. The molecular weight excluding hydrogens is 459 g/mol. The molecule has 5 nitrogen and oxygen atoms in total. The summed E-state index contributed by atoms with van der Waals surface area (Å²) in [6, 6.07) is 21.1. The number of carbonyl (C=O) groups is 1. The molecule has 0 aliphatic heterocycles. The number of rotatable bonds is 5. The smallest absolute Gasteiger partial charge is 0.295 e. The minimum atomic E-state index is -0.415. The number of carbonyl (C=O) groups excluding carboxylic acids is 1. The quantitative estimate of drug-likeness (QED) is 0.370. The first kappa shape index (κ1) is 20.9. The fourth-order valence-electron chi connectivity index (χ4n) is 3.25. The zero-order valence-electron chi connectivity index (χ0n) is 17.0. The van der Waals surface area contributed by atoms with Crippen LogP contribution in [-0.4, -0.2) is 20.7 Å². The van der Waals surface area contributed by atoms with Crippen molar-refractivity contribution in [3.8, 4) is 17.1 Å². The van der Waals surface area contributed by atoms with Crippen molar-refractivity contribution in [2.45, 2.75) is 19.8 Å². The van der Waals surface area contributed by atoms with Crippen LogP contribution in [0.2, 0.25) is 0 Å². The highest BCUT2D eigenvalue weighted by molar-refractivity contribution is 9.10. The van der Waals surface area contributed by atoms with Crippen molar-refractivity contribution in [3.05, 3.63) is 94.5 Å². The lowest BCUT2D eigenvalue weighted by molar-refractivity contribution is 0.101. The minimum absolute atomic E-state index is 0.0285. The molecule has 0 radical (unpaired) electrons. The maximum atomic E-state index is 13.4. The Labute approximate surface area is 188 Å². The molecule has 4 rings (SSSR count). The topological polar surface area (TPSA) is 59.8 Å². The number of amides is 1. The van der Waals surface area contributed by atoms with E-state index in [1.807, 2.05) is 48.5 Å². The molecule has 4 aromatic rings. The van der Waals surface area contributed by atoms with Gasteiger partial charge in [-0.15, -0.1) is 5.10 Å². The second-order valence-corrected chi connectivity index (χ2v) is 8.27. The third-order valence-electron chi connectivity index (χ3n) is 4.80. The molecule has 156 valence electrons. The lowest BCUT2D eigenvalue weighted by Crippen LogP contribution is -2.16. The number of halogens is 2. The van der Waals surface area contributed by atoms with Gasteiger partial charge in [-0.1, -0.05) is 60.1 Å². The molecule has 1 amide bonds. The largest absolute Gasteiger partial charge is 0.319 e. The summed E-state index contributed by atoms with van der Waals surface area (Å²) in [7, 11) is 0. The maximum Gasteiger partial charge on any atom is 0.295 e. The van der Waals surface area contributed by atoms with Crippen LogP contribution in [-0.2, 0) is 0 Å². The Hall–Kier alpha value is -3.32. The van der Waals surface area contributed by atoms with Gasteiger partial charge in [0.05, 0.1) is 5.69 Å². The second-order valence-electron chi connectivity index (χ2n) is 7.35. The van der Waals surface area contributed by atoms with E-state index < -0.39 is 5.91 Å². The highest BCUT2D eigenvalue weighted by Gasteiger charge is 2.20. The summed E-state index contributed by atoms with van der Waals surface area (Å²) >= 11 is 3.48. The Morgan fingerprint density at radius 3 is 2.42 bits per heavy atom. The fraction of sp³-hybridized carbons (Fsp3) is 0.125. The van der Waals surface area contributed by atoms with Crippen molar-refractivity contribution in [1.29, 1.82) is 0 Å². The summed E-state index contributed by atoms with van der Waals surface area (Å²) in [5.74, 6) is -0.0164. The van der Waals surface area contributed by atoms with E-state index in [1.165, 1.54) is 12.1 Å². The van der Waals surface area contributed by atoms with Crippen molar-refractivity contribution in [2.24, 2.45) is 0 Å². The molecule has 0 saturated carbocycles. The molecule has 0 aliphatic carbocycles. The Morgan fingerprint density at radius 1 is 1.03 bits per heavy atom. The van der Waals surface area contributed by atoms with Crippen LogP contribution in [0.4, 0.5) is 10.1 Å². The summed E-state index contributed by atoms with van der Waals surface area (Å²) < 4.78 is 15.9. The van der Waals surface area contributed by atoms with Crippen molar-refractivity contribution < 1.29 is 9.18 Å². The average molecular weight is 479 g/mol. The molecule has 7 heteroatoms. The predicted molar refractivity (Wildman–Crippen MR) is 123 cm³/mol. The summed E-state index contributed by atoms with van der Waals surface area (Å²) in [6.07, 6.45) is 0. The summed E-state index contributed by atoms with van der Waals surface area (Å²) in [5.41, 5.74) is 3.12. The number of nitrogens with one attached hydrogen (secondary N) is 1. The van der Waals surface area contributed by atoms with Gasteiger partial charge in [0.1, 0.15) is 5.82 Å². The molecular formula is C24H20BrFN4O. The second kappa shape index (κ2) is 8.81. The highest BCUT2D eigenvalue weighted by atomic mass is 79.9. The van der Waals surface area contributed by atoms with Gasteiger partial charge in [0, 0.05) is 15.7 Å². The molecule has 1 N–H and O–H groups in total. The standard InChI is InChI=1S/C24H20BrFN4O/c1-15(2)20-14-17(25)8-13-21(20)27-24(31)22-28-23(16-6-4-3-5-7-16)30(29-22)19-11-9-18(26)10-12-19/h3-15H,1-2H3,(H,27,31). The van der Waals surface area contributed by atoms with E-state index in [-0.39, 0.29) is 17.6 Å². The number of hydrogen-bond donors (Lipinski definition) is 1. The number of nitrogens with zero attached hydrogens (tertiary/aromatic N) is 3. The average Bonchev–Trinajstić information content (AvgIpc) is 3.21. The van der Waals surface area contributed by atoms with Gasteiger partial charge in [0.15, 0.2) is 5.82 Å². The van der Waals surface area contributed by atoms with Gasteiger partial charge in [-0.2, -0.15) is 0 Å². The third kappa shape index (κ3) is 4.56. The molecule has 1 aromatic heterocycles. The first-order chi connectivity index (χ1) is 14.9. The molecule has 0 unspecified atom stereocenters. The van der Waals surface area contributed by atoms with Crippen LogP contribution in [0.5, 0.6) is 0 Å². The van der Waals surface area contributed by atoms with Gasteiger partial charge in [0.2, 0.25) is 5.82 Å². The van der Waals surface area contributed by atoms with Crippen LogP contribution >= 0.6 is 15.9 Å². The molecule has 31 heavy (non-hydrogen) atoms. The van der Waals surface area contributed by atoms with Gasteiger partial charge in [-0.25, -0.2) is 14.1 Å². The molecule has 0 aliphatic rings. The van der Waals surface area contributed by atoms with Gasteiger partial charge in [0.25, 0.3) is 5.91 Å². The maximum absolute atomic E-state index is 13.4. The first-order valence-electron chi connectivity index (χ1n) is 9.81. The van der Waals surface area contributed by atoms with Crippen LogP contribution in [0.15, 0.2) is 77.3 Å². The number of aromatic nitrogens is 3. The Bertz CT molecular complexity index is 1220. The Morgan fingerprint density at radius 2 is 1.74 bits per heavy atom. The number of hydrogen-bond acceptors (Lipinski definition) is 3. The van der Waals surface area contributed by atoms with Gasteiger partial charge in [-0.3, -0.25) is 4.79 Å². The monoisotopic (exact) mass is 478 g/mol. The number of anilines is 1. The van der Waals surface area contributed by atoms with Gasteiger partial charge in [-0.05, 0) is 53.9 Å². The molecule has 1 heterocycles. The van der Waals surface area contributed by atoms with Crippen LogP contribution in [0, 0.1) is 5.82 Å². The van der Waals surface area contributed by atoms with Gasteiger partial charge < -0.3 is 5.32 Å². The molecule has 0 fully saturated rings. The van der Waals surface area contributed by atoms with E-state index in [1.54, 1.807) is 16.8 Å². The molecule has 3 aromatic carbocycles. The molecule has 0 bridgehead atoms. The number of benzene rings is 3. The van der Waals surface area contributed by atoms with E-state index >= 15 is 0 Å². The summed E-state index contributed by atoms with van der Waals surface area (Å²) in [5, 5.41) is 7.37. The van der Waals surface area contributed by atoms with Crippen LogP contribution in [0.3, 0.4) is 0 Å². The Balaban J connectivity index is 1.74. The van der Waals surface area contributed by atoms with Crippen molar-refractivity contribution in [3.63, 3.8) is 0 Å². The van der Waals surface area contributed by atoms with Crippen molar-refractivity contribution >= 4 is 27.5 Å². The van der Waals surface area contributed by atoms with Gasteiger partial charge >= 0.3 is 0 Å². The molecule has 0 atom stereocenters. The van der Waals surface area contributed by atoms with E-state index in [0.717, 1.165) is 15.6 Å². The van der Waals surface area contributed by atoms with E-state index in [2.05, 4.69) is 45.2 Å². The summed E-state index contributed by atoms with van der Waals surface area (Å²) in [4.78, 5) is 17.5. The fourth-order valence-corrected chi connectivity index (χ4v) is 3.63. The lowest BCUT2D eigenvalue weighted by atomic mass is 10.0. The van der Waals surface area contributed by atoms with E-state index in [4.69, 9.17) is 0 Å². The van der Waals surface area contributed by atoms with Crippen LogP contribution < -0.4 is 5.32 Å². The third-order valence-corrected chi connectivity index (χ3v) is 5.29. The predicted octanol–water partition coefficient (Wildman–Crippen LogP) is 6.21. The zero-order valence-corrected chi connectivity index (χ0v) is 18.6. The van der Waals surface area contributed by atoms with Crippen LogP contribution in [0.1, 0.15) is 35.9 Å². The SMILES string of the molecule is CC(C)c1cc(Br)ccc1NC(=O)c1nc(-c2ccccc2)n(-c2ccc(F)cc2)n1. The lowest BCUT2D eigenvalue weighted by Gasteiger charge is -2.13. The first-order valence-corrected chi connectivity index (χ1v) is 10.6. The Kier molecular flexibility index (Phi) is 5.95. The van der Waals surface area contributed by atoms with Crippen LogP contribution in [0.25, 0.3) is 17.1 Å². The van der Waals surface area contributed by atoms with Crippen molar-refractivity contribution in [1.82, 2.24) is 14.8 Å². The van der Waals surface area contributed by atoms with E-state index in [0.29, 0.717) is 17.2 Å². The minimum Gasteiger partial charge on any atom is -0.319 e. The normalized spacial score (nSPS) is 11.0. The summed E-state index contributed by atoms with van der Waals surface area (Å²) in [6.45, 7) is 4.12. The highest BCUT2D eigenvalue weighted by Crippen LogP contribution is 2.28. The van der Waals surface area contributed by atoms with E-state index in [9.17, 15) is 9.18 Å². The molecule has 0 saturated heterocycles. The van der Waals surface area contributed by atoms with Crippen molar-refractivity contribution in [2.75, 3.05) is 5.32 Å².